The van der Waals surface area contributed by atoms with E-state index >= 15 is 0 Å². The first kappa shape index (κ1) is 29.0. The molecule has 11 heteroatoms. The lowest BCUT2D eigenvalue weighted by Crippen LogP contribution is -2.12. The van der Waals surface area contributed by atoms with Crippen LogP contribution >= 0.6 is 0 Å². The fraction of sp³-hybridized carbons (Fsp3) is 0.0571. The summed E-state index contributed by atoms with van der Waals surface area (Å²) in [5.41, 5.74) is 2.86. The first-order valence-corrected chi connectivity index (χ1v) is 15.8. The maximum atomic E-state index is 13.7. The van der Waals surface area contributed by atoms with Crippen LogP contribution in [0.15, 0.2) is 118 Å². The number of nitrogens with one attached hydrogen (secondary N) is 1. The summed E-state index contributed by atoms with van der Waals surface area (Å²) in [7, 11) is -4.62. The zero-order valence-electron chi connectivity index (χ0n) is 24.3. The molecule has 0 fully saturated rings. The molecular weight excluding hydrogens is 604 g/mol. The topological polar surface area (TPSA) is 154 Å². The number of phenolic OH excluding ortho intramolecular Hbond substituents is 2. The van der Waals surface area contributed by atoms with E-state index in [1.807, 2.05) is 36.4 Å². The fourth-order valence-electron chi connectivity index (χ4n) is 5.93. The van der Waals surface area contributed by atoms with Crippen molar-refractivity contribution in [3.8, 4) is 11.5 Å². The fourth-order valence-corrected chi connectivity index (χ4v) is 6.45. The number of aromatic hydroxyl groups is 2. The van der Waals surface area contributed by atoms with E-state index in [4.69, 9.17) is 0 Å². The predicted octanol–water partition coefficient (Wildman–Crippen LogP) is 8.45. The number of rotatable bonds is 6. The number of fused-ring (bicyclic) bond motifs is 5. The molecule has 10 nitrogen and oxygen atoms in total. The number of nitrogens with zero attached hydrogens (tertiary/aromatic N) is 3. The van der Waals surface area contributed by atoms with Crippen LogP contribution in [0.2, 0.25) is 0 Å². The molecule has 0 saturated carbocycles. The van der Waals surface area contributed by atoms with E-state index in [1.54, 1.807) is 48.5 Å². The van der Waals surface area contributed by atoms with E-state index in [-0.39, 0.29) is 33.5 Å². The number of hydrogen-bond acceptors (Lipinski definition) is 7. The summed E-state index contributed by atoms with van der Waals surface area (Å²) in [6, 6.07) is 29.2. The minimum absolute atomic E-state index is 0.0204. The van der Waals surface area contributed by atoms with Gasteiger partial charge in [0, 0.05) is 56.3 Å². The Morgan fingerprint density at radius 1 is 0.761 bits per heavy atom. The Hall–Kier alpha value is -5.78. The third-order valence-electron chi connectivity index (χ3n) is 8.07. The smallest absolute Gasteiger partial charge is 0.294 e. The van der Waals surface area contributed by atoms with Gasteiger partial charge < -0.3 is 20.1 Å². The first-order chi connectivity index (χ1) is 22.1. The summed E-state index contributed by atoms with van der Waals surface area (Å²) in [5.74, 6) is -1.32. The van der Waals surface area contributed by atoms with Gasteiger partial charge in [-0.05, 0) is 54.8 Å². The number of aryl methyl sites for hydroxylation is 1. The van der Waals surface area contributed by atoms with Gasteiger partial charge in [-0.2, -0.15) is 8.42 Å². The van der Waals surface area contributed by atoms with E-state index in [9.17, 15) is 28.0 Å². The maximum Gasteiger partial charge on any atom is 0.294 e. The maximum absolute atomic E-state index is 13.7. The molecule has 0 aliphatic carbocycles. The highest BCUT2D eigenvalue weighted by Crippen LogP contribution is 2.41. The van der Waals surface area contributed by atoms with Gasteiger partial charge in [0.1, 0.15) is 11.4 Å². The molecule has 0 aliphatic heterocycles. The van der Waals surface area contributed by atoms with Crippen LogP contribution in [-0.4, -0.2) is 33.7 Å². The second-order valence-corrected chi connectivity index (χ2v) is 12.2. The number of carbonyl (C=O) groups is 1. The summed E-state index contributed by atoms with van der Waals surface area (Å²) < 4.78 is 35.4. The van der Waals surface area contributed by atoms with Gasteiger partial charge in [-0.25, -0.2) is 0 Å². The normalized spacial score (nSPS) is 12.1. The number of phenols is 2. The lowest BCUT2D eigenvalue weighted by atomic mass is 10.0. The number of benzene rings is 6. The van der Waals surface area contributed by atoms with Crippen molar-refractivity contribution >= 4 is 76.4 Å². The van der Waals surface area contributed by atoms with Crippen molar-refractivity contribution in [1.29, 1.82) is 0 Å². The van der Waals surface area contributed by atoms with Gasteiger partial charge in [0.25, 0.3) is 16.0 Å². The average molecular weight is 631 g/mol. The van der Waals surface area contributed by atoms with Crippen molar-refractivity contribution in [2.45, 2.75) is 18.4 Å². The Balaban J connectivity index is 1.30. The third kappa shape index (κ3) is 4.87. The molecule has 4 N–H and O–H groups in total. The molecular formula is C35H26N4O6S. The summed E-state index contributed by atoms with van der Waals surface area (Å²) in [6.07, 6.45) is 0. The van der Waals surface area contributed by atoms with Gasteiger partial charge in [-0.15, -0.1) is 10.2 Å². The molecule has 6 aromatic carbocycles. The zero-order chi connectivity index (χ0) is 32.2. The number of aromatic nitrogens is 1. The standard InChI is InChI=1S/C35H26N4O6S/c1-2-39-30-13-6-5-10-24(30)27-17-21(14-15-31(27)39)36-35(42)28-16-20-8-3-4-9-23(20)33(34(28)41)38-37-29-12-7-11-25-26(29)18-22(19-32(25)40)46(43,44)45/h3-19,40-41H,2H2,1H3,(H,36,42)(H,43,44,45). The Bertz CT molecular complexity index is 2520. The number of carbonyl (C=O) groups excluding carboxylic acids is 1. The summed E-state index contributed by atoms with van der Waals surface area (Å²) in [6.45, 7) is 2.87. The van der Waals surface area contributed by atoms with Crippen LogP contribution in [0.5, 0.6) is 11.5 Å². The van der Waals surface area contributed by atoms with E-state index in [1.165, 1.54) is 6.07 Å². The van der Waals surface area contributed by atoms with E-state index < -0.39 is 26.7 Å². The van der Waals surface area contributed by atoms with E-state index in [2.05, 4.69) is 33.1 Å². The van der Waals surface area contributed by atoms with E-state index in [0.717, 1.165) is 34.4 Å². The van der Waals surface area contributed by atoms with Gasteiger partial charge in [0.2, 0.25) is 0 Å². The summed E-state index contributed by atoms with van der Waals surface area (Å²) >= 11 is 0. The molecule has 1 aromatic heterocycles. The van der Waals surface area contributed by atoms with E-state index in [0.29, 0.717) is 16.5 Å². The summed E-state index contributed by atoms with van der Waals surface area (Å²) in [5, 5.41) is 37.0. The largest absolute Gasteiger partial charge is 0.507 e. The Kier molecular flexibility index (Phi) is 6.92. The molecule has 0 spiro atoms. The second-order valence-electron chi connectivity index (χ2n) is 10.8. The molecule has 0 radical (unpaired) electrons. The minimum Gasteiger partial charge on any atom is -0.507 e. The highest BCUT2D eigenvalue weighted by atomic mass is 32.2. The van der Waals surface area contributed by atoms with Gasteiger partial charge in [-0.3, -0.25) is 9.35 Å². The summed E-state index contributed by atoms with van der Waals surface area (Å²) in [4.78, 5) is 13.1. The Morgan fingerprint density at radius 2 is 1.48 bits per heavy atom. The van der Waals surface area contributed by atoms with Crippen molar-refractivity contribution in [1.82, 2.24) is 4.57 Å². The van der Waals surface area contributed by atoms with Crippen molar-refractivity contribution in [3.05, 3.63) is 109 Å². The lowest BCUT2D eigenvalue weighted by molar-refractivity contribution is 0.102. The van der Waals surface area contributed by atoms with Crippen molar-refractivity contribution < 1.29 is 28.0 Å². The molecule has 0 atom stereocenters. The number of hydrogen-bond donors (Lipinski definition) is 4. The monoisotopic (exact) mass is 630 g/mol. The molecule has 1 amide bonds. The SMILES string of the molecule is CCn1c2ccccc2c2cc(NC(=O)c3cc4ccccc4c(N=Nc4cccc5c(O)cc(S(=O)(=O)O)cc45)c3O)ccc21. The molecule has 7 rings (SSSR count). The van der Waals surface area contributed by atoms with Gasteiger partial charge in [-0.1, -0.05) is 54.6 Å². The van der Waals surface area contributed by atoms with Crippen LogP contribution in [0.1, 0.15) is 17.3 Å². The highest BCUT2D eigenvalue weighted by Gasteiger charge is 2.20. The number of azo groups is 1. The van der Waals surface area contributed by atoms with Crippen LogP contribution in [0, 0.1) is 0 Å². The minimum atomic E-state index is -4.62. The number of anilines is 1. The number of para-hydroxylation sites is 1. The molecule has 228 valence electrons. The quantitative estimate of drug-likeness (QED) is 0.107. The zero-order valence-corrected chi connectivity index (χ0v) is 25.2. The van der Waals surface area contributed by atoms with Crippen LogP contribution in [0.4, 0.5) is 17.1 Å². The van der Waals surface area contributed by atoms with Gasteiger partial charge in [0.05, 0.1) is 16.1 Å². The van der Waals surface area contributed by atoms with Gasteiger partial charge >= 0.3 is 0 Å². The van der Waals surface area contributed by atoms with Crippen LogP contribution in [0.25, 0.3) is 43.4 Å². The van der Waals surface area contributed by atoms with Crippen molar-refractivity contribution in [2.75, 3.05) is 5.32 Å². The third-order valence-corrected chi connectivity index (χ3v) is 8.90. The lowest BCUT2D eigenvalue weighted by Gasteiger charge is -2.12. The molecule has 46 heavy (non-hydrogen) atoms. The first-order valence-electron chi connectivity index (χ1n) is 14.4. The van der Waals surface area contributed by atoms with Crippen LogP contribution in [0.3, 0.4) is 0 Å². The van der Waals surface area contributed by atoms with Crippen LogP contribution < -0.4 is 5.32 Å². The highest BCUT2D eigenvalue weighted by molar-refractivity contribution is 7.85. The molecule has 7 aromatic rings. The average Bonchev–Trinajstić information content (AvgIpc) is 3.36. The molecule has 0 unspecified atom stereocenters. The Morgan fingerprint density at radius 3 is 2.26 bits per heavy atom. The molecule has 0 bridgehead atoms. The Labute approximate surface area is 262 Å². The van der Waals surface area contributed by atoms with Gasteiger partial charge in [0.15, 0.2) is 5.75 Å². The second kappa shape index (κ2) is 11.0. The molecule has 0 saturated heterocycles. The van der Waals surface area contributed by atoms with Crippen molar-refractivity contribution in [3.63, 3.8) is 0 Å². The predicted molar refractivity (Wildman–Crippen MR) is 178 cm³/mol. The molecule has 0 aliphatic rings. The number of amides is 1. The van der Waals surface area contributed by atoms with Crippen LogP contribution in [-0.2, 0) is 16.7 Å². The molecule has 1 heterocycles. The van der Waals surface area contributed by atoms with Crippen molar-refractivity contribution in [2.24, 2.45) is 10.2 Å².